The molecule has 1 aliphatic heterocycles. The molecule has 1 aliphatic carbocycles. The molecule has 0 radical (unpaired) electrons. The first-order valence-corrected chi connectivity index (χ1v) is 9.34. The van der Waals surface area contributed by atoms with Crippen molar-refractivity contribution in [3.05, 3.63) is 35.4 Å². The molecule has 1 unspecified atom stereocenters. The van der Waals surface area contributed by atoms with Crippen LogP contribution in [0, 0.1) is 12.8 Å². The average molecular weight is 293 g/mol. The topological polar surface area (TPSA) is 46.2 Å². The van der Waals surface area contributed by atoms with Gasteiger partial charge in [-0.15, -0.1) is 0 Å². The van der Waals surface area contributed by atoms with Gasteiger partial charge in [0.25, 0.3) is 0 Å². The summed E-state index contributed by atoms with van der Waals surface area (Å²) in [5.74, 6) is 1.78. The van der Waals surface area contributed by atoms with Gasteiger partial charge in [-0.3, -0.25) is 0 Å². The predicted molar refractivity (Wildman–Crippen MR) is 81.7 cm³/mol. The maximum atomic E-state index is 11.4. The van der Waals surface area contributed by atoms with Crippen molar-refractivity contribution in [3.63, 3.8) is 0 Å². The largest absolute Gasteiger partial charge is 0.314 e. The van der Waals surface area contributed by atoms with E-state index in [0.29, 0.717) is 29.4 Å². The van der Waals surface area contributed by atoms with Crippen LogP contribution >= 0.6 is 0 Å². The highest BCUT2D eigenvalue weighted by Gasteiger charge is 2.32. The van der Waals surface area contributed by atoms with Crippen LogP contribution in [0.1, 0.15) is 36.3 Å². The Bertz CT molecular complexity index is 559. The Kier molecular flexibility index (Phi) is 3.87. The van der Waals surface area contributed by atoms with Gasteiger partial charge < -0.3 is 5.32 Å². The molecule has 4 heteroatoms. The fraction of sp³-hybridized carbons (Fsp3) is 0.625. The van der Waals surface area contributed by atoms with Crippen LogP contribution in [0.25, 0.3) is 0 Å². The van der Waals surface area contributed by atoms with E-state index in [9.17, 15) is 8.42 Å². The van der Waals surface area contributed by atoms with Crippen molar-refractivity contribution in [1.29, 1.82) is 0 Å². The van der Waals surface area contributed by atoms with E-state index < -0.39 is 9.84 Å². The van der Waals surface area contributed by atoms with Crippen molar-refractivity contribution in [3.8, 4) is 0 Å². The minimum absolute atomic E-state index is 0.332. The van der Waals surface area contributed by atoms with E-state index >= 15 is 0 Å². The van der Waals surface area contributed by atoms with Crippen molar-refractivity contribution in [2.24, 2.45) is 5.92 Å². The fourth-order valence-corrected chi connectivity index (χ4v) is 5.12. The van der Waals surface area contributed by atoms with Gasteiger partial charge in [0.2, 0.25) is 0 Å². The molecule has 1 atom stereocenters. The Morgan fingerprint density at radius 1 is 1.20 bits per heavy atom. The third kappa shape index (κ3) is 3.23. The molecule has 2 fully saturated rings. The van der Waals surface area contributed by atoms with E-state index in [1.807, 2.05) is 0 Å². The van der Waals surface area contributed by atoms with Gasteiger partial charge in [-0.1, -0.05) is 29.8 Å². The smallest absolute Gasteiger partial charge is 0.150 e. The minimum Gasteiger partial charge on any atom is -0.314 e. The molecule has 1 saturated carbocycles. The summed E-state index contributed by atoms with van der Waals surface area (Å²) in [4.78, 5) is 0. The molecule has 20 heavy (non-hydrogen) atoms. The van der Waals surface area contributed by atoms with E-state index in [-0.39, 0.29) is 0 Å². The second kappa shape index (κ2) is 5.49. The van der Waals surface area contributed by atoms with Gasteiger partial charge in [-0.05, 0) is 50.1 Å². The van der Waals surface area contributed by atoms with Crippen molar-refractivity contribution in [2.45, 2.75) is 38.1 Å². The molecule has 0 spiro atoms. The zero-order valence-corrected chi connectivity index (χ0v) is 12.8. The highest BCUT2D eigenvalue weighted by molar-refractivity contribution is 7.91. The summed E-state index contributed by atoms with van der Waals surface area (Å²) >= 11 is 0. The van der Waals surface area contributed by atoms with E-state index in [4.69, 9.17) is 0 Å². The molecule has 110 valence electrons. The zero-order valence-electron chi connectivity index (χ0n) is 12.0. The van der Waals surface area contributed by atoms with Gasteiger partial charge in [0, 0.05) is 6.04 Å². The summed E-state index contributed by atoms with van der Waals surface area (Å²) < 4.78 is 22.8. The maximum Gasteiger partial charge on any atom is 0.150 e. The molecule has 1 N–H and O–H groups in total. The van der Waals surface area contributed by atoms with Crippen LogP contribution in [0.2, 0.25) is 0 Å². The summed E-state index contributed by atoms with van der Waals surface area (Å²) in [5.41, 5.74) is 2.75. The number of rotatable bonds is 4. The average Bonchev–Trinajstić information content (AvgIpc) is 2.69. The molecule has 3 nitrogen and oxygen atoms in total. The first kappa shape index (κ1) is 14.1. The Hall–Kier alpha value is -0.870. The van der Waals surface area contributed by atoms with Crippen molar-refractivity contribution in [2.75, 3.05) is 18.1 Å². The van der Waals surface area contributed by atoms with Crippen LogP contribution in [0.5, 0.6) is 0 Å². The van der Waals surface area contributed by atoms with Crippen LogP contribution < -0.4 is 5.32 Å². The Morgan fingerprint density at radius 2 is 1.90 bits per heavy atom. The van der Waals surface area contributed by atoms with Crippen molar-refractivity contribution in [1.82, 2.24) is 5.32 Å². The molecular formula is C16H23NO2S. The Labute approximate surface area is 121 Å². The normalized spacial score (nSPS) is 31.9. The molecule has 2 aliphatic rings. The SMILES string of the molecule is Cc1ccc(C2CC(NCC3CCS(=O)(=O)C3)C2)cc1. The Morgan fingerprint density at radius 3 is 2.50 bits per heavy atom. The van der Waals surface area contributed by atoms with Gasteiger partial charge in [0.15, 0.2) is 9.84 Å². The molecule has 0 aromatic heterocycles. The van der Waals surface area contributed by atoms with Crippen LogP contribution in [-0.2, 0) is 9.84 Å². The molecular weight excluding hydrogens is 270 g/mol. The summed E-state index contributed by atoms with van der Waals surface area (Å²) in [5, 5.41) is 3.55. The summed E-state index contributed by atoms with van der Waals surface area (Å²) in [7, 11) is -2.73. The van der Waals surface area contributed by atoms with Gasteiger partial charge >= 0.3 is 0 Å². The highest BCUT2D eigenvalue weighted by atomic mass is 32.2. The molecule has 0 bridgehead atoms. The lowest BCUT2D eigenvalue weighted by Crippen LogP contribution is -2.42. The number of sulfone groups is 1. The monoisotopic (exact) mass is 293 g/mol. The fourth-order valence-electron chi connectivity index (χ4n) is 3.26. The number of aryl methyl sites for hydroxylation is 1. The first-order valence-electron chi connectivity index (χ1n) is 7.52. The third-order valence-corrected chi connectivity index (χ3v) is 6.55. The third-order valence-electron chi connectivity index (χ3n) is 4.71. The summed E-state index contributed by atoms with van der Waals surface area (Å²) in [6.07, 6.45) is 3.20. The van der Waals surface area contributed by atoms with E-state index in [2.05, 4.69) is 36.5 Å². The molecule has 1 aromatic rings. The minimum atomic E-state index is -2.73. The van der Waals surface area contributed by atoms with E-state index in [0.717, 1.165) is 13.0 Å². The summed E-state index contributed by atoms with van der Waals surface area (Å²) in [6.45, 7) is 2.98. The lowest BCUT2D eigenvalue weighted by molar-refractivity contribution is 0.279. The predicted octanol–water partition coefficient (Wildman–Crippen LogP) is 2.27. The lowest BCUT2D eigenvalue weighted by Gasteiger charge is -2.37. The lowest BCUT2D eigenvalue weighted by atomic mass is 9.75. The van der Waals surface area contributed by atoms with E-state index in [1.54, 1.807) is 0 Å². The molecule has 0 amide bonds. The van der Waals surface area contributed by atoms with Crippen LogP contribution in [0.15, 0.2) is 24.3 Å². The van der Waals surface area contributed by atoms with Gasteiger partial charge in [-0.25, -0.2) is 8.42 Å². The Balaban J connectivity index is 1.41. The number of hydrogen-bond acceptors (Lipinski definition) is 3. The molecule has 1 aromatic carbocycles. The number of benzene rings is 1. The van der Waals surface area contributed by atoms with E-state index in [1.165, 1.54) is 24.0 Å². The van der Waals surface area contributed by atoms with Gasteiger partial charge in [0.1, 0.15) is 0 Å². The van der Waals surface area contributed by atoms with Crippen LogP contribution in [-0.4, -0.2) is 32.5 Å². The highest BCUT2D eigenvalue weighted by Crippen LogP contribution is 2.37. The summed E-state index contributed by atoms with van der Waals surface area (Å²) in [6, 6.07) is 9.41. The van der Waals surface area contributed by atoms with Crippen LogP contribution in [0.3, 0.4) is 0 Å². The zero-order chi connectivity index (χ0) is 14.2. The van der Waals surface area contributed by atoms with Crippen molar-refractivity contribution < 1.29 is 8.42 Å². The number of hydrogen-bond donors (Lipinski definition) is 1. The quantitative estimate of drug-likeness (QED) is 0.926. The molecule has 3 rings (SSSR count). The van der Waals surface area contributed by atoms with Crippen LogP contribution in [0.4, 0.5) is 0 Å². The molecule has 1 heterocycles. The standard InChI is InChI=1S/C16H23NO2S/c1-12-2-4-14(5-3-12)15-8-16(9-15)17-10-13-6-7-20(18,19)11-13/h2-5,13,15-17H,6-11H2,1H3. The van der Waals surface area contributed by atoms with Gasteiger partial charge in [-0.2, -0.15) is 0 Å². The second-order valence-electron chi connectivity index (χ2n) is 6.45. The first-order chi connectivity index (χ1) is 9.52. The second-order valence-corrected chi connectivity index (χ2v) is 8.68. The number of nitrogens with one attached hydrogen (secondary N) is 1. The van der Waals surface area contributed by atoms with Crippen molar-refractivity contribution >= 4 is 9.84 Å². The maximum absolute atomic E-state index is 11.4. The molecule has 1 saturated heterocycles. The van der Waals surface area contributed by atoms with Gasteiger partial charge in [0.05, 0.1) is 11.5 Å².